The van der Waals surface area contributed by atoms with Crippen LogP contribution in [0.4, 0.5) is 0 Å². The van der Waals surface area contributed by atoms with E-state index in [1.54, 1.807) is 0 Å². The first-order valence-corrected chi connectivity index (χ1v) is 7.39. The molecule has 2 aliphatic rings. The van der Waals surface area contributed by atoms with Crippen LogP contribution in [0.1, 0.15) is 57.8 Å². The molecule has 0 saturated heterocycles. The predicted octanol–water partition coefficient (Wildman–Crippen LogP) is 2.15. The van der Waals surface area contributed by atoms with Gasteiger partial charge in [0.1, 0.15) is 0 Å². The number of nitrogens with one attached hydrogen (secondary N) is 1. The second kappa shape index (κ2) is 8.08. The molecule has 0 heterocycles. The number of halogens is 1. The van der Waals surface area contributed by atoms with Gasteiger partial charge in [0.05, 0.1) is 18.2 Å². The molecule has 0 unspecified atom stereocenters. The van der Waals surface area contributed by atoms with Crippen LogP contribution in [0.2, 0.25) is 0 Å². The van der Waals surface area contributed by atoms with Crippen LogP contribution in [0.3, 0.4) is 0 Å². The highest BCUT2D eigenvalue weighted by atomic mass is 35.5. The van der Waals surface area contributed by atoms with E-state index < -0.39 is 5.54 Å². The lowest BCUT2D eigenvalue weighted by molar-refractivity contribution is -0.127. The summed E-state index contributed by atoms with van der Waals surface area (Å²) >= 11 is 0. The third-order valence-electron chi connectivity index (χ3n) is 4.24. The minimum atomic E-state index is -0.619. The average Bonchev–Trinajstić information content (AvgIpc) is 2.88. The summed E-state index contributed by atoms with van der Waals surface area (Å²) < 4.78 is 5.72. The number of hydrogen-bond donors (Lipinski definition) is 2. The average molecular weight is 291 g/mol. The maximum absolute atomic E-state index is 12.0. The summed E-state index contributed by atoms with van der Waals surface area (Å²) in [6, 6.07) is 0. The van der Waals surface area contributed by atoms with Crippen molar-refractivity contribution in [3.05, 3.63) is 0 Å². The van der Waals surface area contributed by atoms with E-state index in [9.17, 15) is 4.79 Å². The molecule has 3 N–H and O–H groups in total. The van der Waals surface area contributed by atoms with Gasteiger partial charge in [0, 0.05) is 6.54 Å². The Morgan fingerprint density at radius 2 is 1.79 bits per heavy atom. The van der Waals surface area contributed by atoms with Gasteiger partial charge in [-0.05, 0) is 25.7 Å². The van der Waals surface area contributed by atoms with Gasteiger partial charge in [0.25, 0.3) is 0 Å². The van der Waals surface area contributed by atoms with Gasteiger partial charge >= 0.3 is 0 Å². The SMILES string of the molecule is Cl.NC1(C(=O)NCCOC2CCCC2)CCCCC1. The lowest BCUT2D eigenvalue weighted by Crippen LogP contribution is -2.55. The van der Waals surface area contributed by atoms with Gasteiger partial charge < -0.3 is 15.8 Å². The Bertz CT molecular complexity index is 275. The van der Waals surface area contributed by atoms with Gasteiger partial charge in [0.2, 0.25) is 5.91 Å². The Morgan fingerprint density at radius 1 is 1.16 bits per heavy atom. The third-order valence-corrected chi connectivity index (χ3v) is 4.24. The van der Waals surface area contributed by atoms with E-state index in [1.165, 1.54) is 32.1 Å². The van der Waals surface area contributed by atoms with Gasteiger partial charge in [-0.25, -0.2) is 0 Å². The molecule has 0 atom stereocenters. The Hall–Kier alpha value is -0.320. The normalized spacial score (nSPS) is 22.8. The van der Waals surface area contributed by atoms with Gasteiger partial charge in [-0.1, -0.05) is 32.1 Å². The highest BCUT2D eigenvalue weighted by molar-refractivity contribution is 5.86. The van der Waals surface area contributed by atoms with Crippen molar-refractivity contribution in [2.45, 2.75) is 69.4 Å². The van der Waals surface area contributed by atoms with Crippen molar-refractivity contribution in [2.24, 2.45) is 5.73 Å². The molecular formula is C14H27ClN2O2. The number of carbonyl (C=O) groups excluding carboxylic acids is 1. The molecule has 0 aromatic carbocycles. The van der Waals surface area contributed by atoms with E-state index in [0.717, 1.165) is 25.7 Å². The molecule has 1 amide bonds. The van der Waals surface area contributed by atoms with Crippen molar-refractivity contribution in [1.29, 1.82) is 0 Å². The highest BCUT2D eigenvalue weighted by Crippen LogP contribution is 2.26. The van der Waals surface area contributed by atoms with E-state index in [0.29, 0.717) is 19.3 Å². The summed E-state index contributed by atoms with van der Waals surface area (Å²) in [6.45, 7) is 1.21. The molecule has 0 bridgehead atoms. The molecule has 2 rings (SSSR count). The lowest BCUT2D eigenvalue weighted by Gasteiger charge is -2.31. The fourth-order valence-corrected chi connectivity index (χ4v) is 3.03. The Morgan fingerprint density at radius 3 is 2.42 bits per heavy atom. The third kappa shape index (κ3) is 4.93. The Balaban J connectivity index is 0.00000180. The molecule has 112 valence electrons. The zero-order valence-electron chi connectivity index (χ0n) is 11.7. The molecule has 0 aromatic heterocycles. The summed E-state index contributed by atoms with van der Waals surface area (Å²) in [7, 11) is 0. The molecule has 0 aliphatic heterocycles. The zero-order chi connectivity index (χ0) is 12.8. The standard InChI is InChI=1S/C14H26N2O2.ClH/c15-14(8-4-1-5-9-14)13(17)16-10-11-18-12-6-2-3-7-12;/h12H,1-11,15H2,(H,16,17);1H. The largest absolute Gasteiger partial charge is 0.376 e. The topological polar surface area (TPSA) is 64.4 Å². The predicted molar refractivity (Wildman–Crippen MR) is 78.5 cm³/mol. The second-order valence-electron chi connectivity index (χ2n) is 5.75. The van der Waals surface area contributed by atoms with E-state index in [1.807, 2.05) is 0 Å². The van der Waals surface area contributed by atoms with Crippen LogP contribution in [0.25, 0.3) is 0 Å². The van der Waals surface area contributed by atoms with E-state index in [4.69, 9.17) is 10.5 Å². The minimum Gasteiger partial charge on any atom is -0.376 e. The number of amides is 1. The molecule has 2 saturated carbocycles. The van der Waals surface area contributed by atoms with Crippen molar-refractivity contribution in [1.82, 2.24) is 5.32 Å². The van der Waals surface area contributed by atoms with E-state index in [-0.39, 0.29) is 18.3 Å². The smallest absolute Gasteiger partial charge is 0.240 e. The first-order valence-electron chi connectivity index (χ1n) is 7.39. The molecule has 2 fully saturated rings. The minimum absolute atomic E-state index is 0. The molecule has 0 spiro atoms. The number of ether oxygens (including phenoxy) is 1. The number of rotatable bonds is 5. The van der Waals surface area contributed by atoms with Gasteiger partial charge in [-0.3, -0.25) is 4.79 Å². The fraction of sp³-hybridized carbons (Fsp3) is 0.929. The van der Waals surface area contributed by atoms with Crippen molar-refractivity contribution in [2.75, 3.05) is 13.2 Å². The first kappa shape index (κ1) is 16.7. The zero-order valence-corrected chi connectivity index (χ0v) is 12.5. The number of carbonyl (C=O) groups is 1. The summed E-state index contributed by atoms with van der Waals surface area (Å²) in [6.07, 6.45) is 10.3. The number of nitrogens with two attached hydrogens (primary N) is 1. The van der Waals surface area contributed by atoms with E-state index >= 15 is 0 Å². The van der Waals surface area contributed by atoms with E-state index in [2.05, 4.69) is 5.32 Å². The van der Waals surface area contributed by atoms with Crippen LogP contribution in [0.5, 0.6) is 0 Å². The lowest BCUT2D eigenvalue weighted by atomic mass is 9.82. The van der Waals surface area contributed by atoms with Crippen molar-refractivity contribution in [3.63, 3.8) is 0 Å². The second-order valence-corrected chi connectivity index (χ2v) is 5.75. The molecule has 5 heteroatoms. The summed E-state index contributed by atoms with van der Waals surface area (Å²) in [5.74, 6) is 0.0113. The molecule has 19 heavy (non-hydrogen) atoms. The van der Waals surface area contributed by atoms with Crippen molar-refractivity contribution >= 4 is 18.3 Å². The molecule has 2 aliphatic carbocycles. The maximum Gasteiger partial charge on any atom is 0.240 e. The fourth-order valence-electron chi connectivity index (χ4n) is 3.03. The monoisotopic (exact) mass is 290 g/mol. The van der Waals surface area contributed by atoms with Gasteiger partial charge in [-0.2, -0.15) is 0 Å². The van der Waals surface area contributed by atoms with Crippen LogP contribution in [-0.4, -0.2) is 30.7 Å². The number of hydrogen-bond acceptors (Lipinski definition) is 3. The maximum atomic E-state index is 12.0. The molecular weight excluding hydrogens is 264 g/mol. The van der Waals surface area contributed by atoms with Crippen LogP contribution < -0.4 is 11.1 Å². The van der Waals surface area contributed by atoms with Crippen LogP contribution in [0.15, 0.2) is 0 Å². The highest BCUT2D eigenvalue weighted by Gasteiger charge is 2.34. The van der Waals surface area contributed by atoms with Crippen molar-refractivity contribution in [3.8, 4) is 0 Å². The van der Waals surface area contributed by atoms with Crippen LogP contribution in [0, 0.1) is 0 Å². The van der Waals surface area contributed by atoms with Crippen molar-refractivity contribution < 1.29 is 9.53 Å². The Kier molecular flexibility index (Phi) is 7.11. The summed E-state index contributed by atoms with van der Waals surface area (Å²) in [4.78, 5) is 12.0. The molecule has 0 radical (unpaired) electrons. The summed E-state index contributed by atoms with van der Waals surface area (Å²) in [5.41, 5.74) is 5.53. The summed E-state index contributed by atoms with van der Waals surface area (Å²) in [5, 5.41) is 2.93. The molecule has 0 aromatic rings. The quantitative estimate of drug-likeness (QED) is 0.763. The van der Waals surface area contributed by atoms with Crippen LogP contribution in [-0.2, 0) is 9.53 Å². The molecule has 4 nitrogen and oxygen atoms in total. The Labute approximate surface area is 122 Å². The first-order chi connectivity index (χ1) is 8.71. The van der Waals surface area contributed by atoms with Crippen LogP contribution >= 0.6 is 12.4 Å². The van der Waals surface area contributed by atoms with Gasteiger partial charge in [-0.15, -0.1) is 12.4 Å². The van der Waals surface area contributed by atoms with Gasteiger partial charge in [0.15, 0.2) is 0 Å².